The van der Waals surface area contributed by atoms with Crippen molar-refractivity contribution in [1.29, 1.82) is 0 Å². The zero-order chi connectivity index (χ0) is 6.97. The molecule has 0 unspecified atom stereocenters. The molecular weight excluding hydrogens is 194 g/mol. The monoisotopic (exact) mass is 197 g/mol. The van der Waals surface area contributed by atoms with Gasteiger partial charge in [0.15, 0.2) is 0 Å². The van der Waals surface area contributed by atoms with E-state index in [4.69, 9.17) is 0 Å². The second kappa shape index (κ2) is 2.05. The molecule has 50 valence electrons. The Morgan fingerprint density at radius 1 is 1.50 bits per heavy atom. The Bertz CT molecular complexity index is 355. The van der Waals surface area contributed by atoms with Gasteiger partial charge in [-0.3, -0.25) is 0 Å². The summed E-state index contributed by atoms with van der Waals surface area (Å²) in [5.41, 5.74) is 0.988. The van der Waals surface area contributed by atoms with Gasteiger partial charge in [-0.1, -0.05) is 0 Å². The first kappa shape index (κ1) is 5.85. The normalized spacial score (nSPS) is 10.5. The van der Waals surface area contributed by atoms with E-state index in [1.807, 2.05) is 12.3 Å². The van der Waals surface area contributed by atoms with E-state index in [-0.39, 0.29) is 0 Å². The summed E-state index contributed by atoms with van der Waals surface area (Å²) in [5.74, 6) is 0. The molecule has 0 aromatic carbocycles. The standard InChI is InChI=1S/C6H4BrN3/c7-5-1-2-10-6(5)3-8-4-9-10/h1-4H. The molecule has 0 atom stereocenters. The van der Waals surface area contributed by atoms with Crippen molar-refractivity contribution < 1.29 is 0 Å². The van der Waals surface area contributed by atoms with Crippen LogP contribution in [0, 0.1) is 0 Å². The molecule has 0 fully saturated rings. The van der Waals surface area contributed by atoms with Crippen molar-refractivity contribution in [3.8, 4) is 0 Å². The van der Waals surface area contributed by atoms with Crippen LogP contribution in [0.5, 0.6) is 0 Å². The number of halogens is 1. The van der Waals surface area contributed by atoms with Crippen LogP contribution in [0.25, 0.3) is 5.52 Å². The van der Waals surface area contributed by atoms with Gasteiger partial charge >= 0.3 is 0 Å². The molecule has 0 radical (unpaired) electrons. The molecule has 0 aliphatic heterocycles. The minimum atomic E-state index is 0.988. The maximum atomic E-state index is 3.98. The van der Waals surface area contributed by atoms with Crippen LogP contribution in [0.3, 0.4) is 0 Å². The van der Waals surface area contributed by atoms with Crippen LogP contribution in [0.2, 0.25) is 0 Å². The molecule has 0 bridgehead atoms. The molecule has 0 aliphatic rings. The molecule has 0 saturated carbocycles. The molecule has 2 heterocycles. The van der Waals surface area contributed by atoms with E-state index in [0.29, 0.717) is 0 Å². The number of rotatable bonds is 0. The summed E-state index contributed by atoms with van der Waals surface area (Å²) in [6.45, 7) is 0. The number of fused-ring (bicyclic) bond motifs is 1. The van der Waals surface area contributed by atoms with E-state index in [1.54, 1.807) is 10.7 Å². The summed E-state index contributed by atoms with van der Waals surface area (Å²) in [5, 5.41) is 3.98. The van der Waals surface area contributed by atoms with Gasteiger partial charge in [0.25, 0.3) is 0 Å². The predicted molar refractivity (Wildman–Crippen MR) is 40.7 cm³/mol. The zero-order valence-corrected chi connectivity index (χ0v) is 6.62. The van der Waals surface area contributed by atoms with Gasteiger partial charge in [-0.05, 0) is 22.0 Å². The molecule has 4 heteroatoms. The molecule has 0 spiro atoms. The average Bonchev–Trinajstić information content (AvgIpc) is 2.34. The largest absolute Gasteiger partial charge is 0.241 e. The lowest BCUT2D eigenvalue weighted by Gasteiger charge is -1.88. The van der Waals surface area contributed by atoms with Crippen LogP contribution < -0.4 is 0 Å². The van der Waals surface area contributed by atoms with E-state index in [1.165, 1.54) is 6.33 Å². The minimum Gasteiger partial charge on any atom is -0.241 e. The van der Waals surface area contributed by atoms with Gasteiger partial charge in [0, 0.05) is 10.7 Å². The first-order valence-electron chi connectivity index (χ1n) is 2.81. The summed E-state index contributed by atoms with van der Waals surface area (Å²) < 4.78 is 2.78. The highest BCUT2D eigenvalue weighted by molar-refractivity contribution is 9.10. The highest BCUT2D eigenvalue weighted by Crippen LogP contribution is 2.15. The highest BCUT2D eigenvalue weighted by atomic mass is 79.9. The van der Waals surface area contributed by atoms with Crippen molar-refractivity contribution in [2.24, 2.45) is 0 Å². The van der Waals surface area contributed by atoms with Crippen LogP contribution in [0.15, 0.2) is 29.3 Å². The van der Waals surface area contributed by atoms with Crippen LogP contribution in [-0.2, 0) is 0 Å². The Kier molecular flexibility index (Phi) is 1.20. The average molecular weight is 198 g/mol. The van der Waals surface area contributed by atoms with Crippen molar-refractivity contribution in [2.45, 2.75) is 0 Å². The second-order valence-electron chi connectivity index (χ2n) is 1.90. The number of aromatic nitrogens is 3. The molecule has 2 aromatic rings. The van der Waals surface area contributed by atoms with Gasteiger partial charge in [0.1, 0.15) is 6.33 Å². The first-order valence-corrected chi connectivity index (χ1v) is 3.60. The van der Waals surface area contributed by atoms with Crippen molar-refractivity contribution in [3.05, 3.63) is 29.3 Å². The fourth-order valence-electron chi connectivity index (χ4n) is 0.822. The lowest BCUT2D eigenvalue weighted by Crippen LogP contribution is -1.88. The van der Waals surface area contributed by atoms with E-state index in [9.17, 15) is 0 Å². The number of hydrogen-bond acceptors (Lipinski definition) is 2. The van der Waals surface area contributed by atoms with E-state index < -0.39 is 0 Å². The van der Waals surface area contributed by atoms with Gasteiger partial charge in [0.2, 0.25) is 0 Å². The molecule has 3 nitrogen and oxygen atoms in total. The van der Waals surface area contributed by atoms with Crippen molar-refractivity contribution in [3.63, 3.8) is 0 Å². The Morgan fingerprint density at radius 2 is 2.40 bits per heavy atom. The lowest BCUT2D eigenvalue weighted by molar-refractivity contribution is 0.902. The van der Waals surface area contributed by atoms with Crippen LogP contribution in [-0.4, -0.2) is 14.6 Å². The second-order valence-corrected chi connectivity index (χ2v) is 2.76. The molecule has 2 aromatic heterocycles. The first-order chi connectivity index (χ1) is 4.88. The lowest BCUT2D eigenvalue weighted by atomic mass is 10.5. The van der Waals surface area contributed by atoms with E-state index >= 15 is 0 Å². The van der Waals surface area contributed by atoms with Crippen LogP contribution in [0.1, 0.15) is 0 Å². The third kappa shape index (κ3) is 0.724. The summed E-state index contributed by atoms with van der Waals surface area (Å²) in [6.07, 6.45) is 5.15. The van der Waals surface area contributed by atoms with Gasteiger partial charge < -0.3 is 0 Å². The molecular formula is C6H4BrN3. The van der Waals surface area contributed by atoms with Gasteiger partial charge in [0.05, 0.1) is 11.7 Å². The van der Waals surface area contributed by atoms with Gasteiger partial charge in [-0.2, -0.15) is 5.10 Å². The zero-order valence-electron chi connectivity index (χ0n) is 5.03. The van der Waals surface area contributed by atoms with Crippen molar-refractivity contribution >= 4 is 21.4 Å². The third-order valence-corrected chi connectivity index (χ3v) is 1.96. The Labute approximate surface area is 65.8 Å². The molecule has 0 amide bonds. The smallest absolute Gasteiger partial charge is 0.136 e. The molecule has 10 heavy (non-hydrogen) atoms. The fraction of sp³-hybridized carbons (Fsp3) is 0. The molecule has 0 saturated heterocycles. The SMILES string of the molecule is Brc1ccn2ncncc12. The molecule has 0 aliphatic carbocycles. The minimum absolute atomic E-state index is 0.988. The number of nitrogens with zero attached hydrogens (tertiary/aromatic N) is 3. The Balaban J connectivity index is 2.93. The van der Waals surface area contributed by atoms with Crippen molar-refractivity contribution in [2.75, 3.05) is 0 Å². The van der Waals surface area contributed by atoms with E-state index in [0.717, 1.165) is 9.99 Å². The maximum Gasteiger partial charge on any atom is 0.136 e. The Morgan fingerprint density at radius 3 is 3.20 bits per heavy atom. The summed E-state index contributed by atoms with van der Waals surface area (Å²) in [6, 6.07) is 1.93. The summed E-state index contributed by atoms with van der Waals surface area (Å²) in [4.78, 5) is 3.88. The molecule has 0 N–H and O–H groups in total. The quantitative estimate of drug-likeness (QED) is 0.641. The van der Waals surface area contributed by atoms with Crippen LogP contribution in [0.4, 0.5) is 0 Å². The summed E-state index contributed by atoms with van der Waals surface area (Å²) in [7, 11) is 0. The van der Waals surface area contributed by atoms with Crippen molar-refractivity contribution in [1.82, 2.24) is 14.6 Å². The fourth-order valence-corrected chi connectivity index (χ4v) is 1.22. The summed E-state index contributed by atoms with van der Waals surface area (Å²) >= 11 is 3.37. The third-order valence-electron chi connectivity index (χ3n) is 1.29. The number of hydrogen-bond donors (Lipinski definition) is 0. The maximum absolute atomic E-state index is 3.98. The van der Waals surface area contributed by atoms with E-state index in [2.05, 4.69) is 26.0 Å². The highest BCUT2D eigenvalue weighted by Gasteiger charge is 1.96. The predicted octanol–water partition coefficient (Wildman–Crippen LogP) is 1.49. The van der Waals surface area contributed by atoms with Gasteiger partial charge in [-0.25, -0.2) is 9.50 Å². The molecule has 2 rings (SSSR count). The van der Waals surface area contributed by atoms with Gasteiger partial charge in [-0.15, -0.1) is 0 Å². The Hall–Kier alpha value is -0.900. The van der Waals surface area contributed by atoms with Crippen LogP contribution >= 0.6 is 15.9 Å². The topological polar surface area (TPSA) is 30.2 Å².